The average molecular weight is 629 g/mol. The minimum Gasteiger partial charge on any atom is -0.437 e. The van der Waals surface area contributed by atoms with Gasteiger partial charge in [0.2, 0.25) is 0 Å². The van der Waals surface area contributed by atoms with Gasteiger partial charge in [-0.05, 0) is 98.3 Å². The van der Waals surface area contributed by atoms with E-state index >= 15 is 0 Å². The maximum Gasteiger partial charge on any atom is 0.318 e. The van der Waals surface area contributed by atoms with Gasteiger partial charge in [0, 0.05) is 0 Å². The fourth-order valence-corrected chi connectivity index (χ4v) is 18.2. The number of hydrogen-bond donors (Lipinski definition) is 0. The highest BCUT2D eigenvalue weighted by atomic mass is 28.5. The number of cyclic esters (lactones) is 4. The van der Waals surface area contributed by atoms with Crippen molar-refractivity contribution < 1.29 is 36.9 Å². The standard InChI is InChI=1S/2C10H12O3.C8H24O2Si3.2CH4/c1-5-3-7-8(4-6(5)2)10(12)13-9(7)11;1-5-3-6(2)8-7(4-5)9(11)13-10(8)12;1-11(2,3)9-13(7,8)10-12(4,5)6;;/h7-8H,3-4H2,1-2H3;3,6-8H,4H2,1-2H3;1-8H3;2*1H4. The van der Waals surface area contributed by atoms with Gasteiger partial charge in [0.05, 0.1) is 23.7 Å². The van der Waals surface area contributed by atoms with Crippen LogP contribution in [0.3, 0.4) is 0 Å². The van der Waals surface area contributed by atoms with E-state index < -0.39 is 25.2 Å². The third-order valence-electron chi connectivity index (χ3n) is 7.04. The Morgan fingerprint density at radius 3 is 1.39 bits per heavy atom. The smallest absolute Gasteiger partial charge is 0.318 e. The van der Waals surface area contributed by atoms with E-state index in [1.807, 2.05) is 27.7 Å². The van der Waals surface area contributed by atoms with Crippen LogP contribution in [-0.4, -0.2) is 49.1 Å². The van der Waals surface area contributed by atoms with Crippen LogP contribution >= 0.6 is 0 Å². The Morgan fingerprint density at radius 2 is 1.00 bits per heavy atom. The Balaban J connectivity index is 0.000000571. The Kier molecular flexibility index (Phi) is 14.1. The van der Waals surface area contributed by atoms with E-state index in [9.17, 15) is 19.2 Å². The summed E-state index contributed by atoms with van der Waals surface area (Å²) < 4.78 is 21.4. The molecule has 2 heterocycles. The monoisotopic (exact) mass is 628 g/mol. The van der Waals surface area contributed by atoms with Gasteiger partial charge in [-0.15, -0.1) is 0 Å². The molecule has 0 N–H and O–H groups in total. The van der Waals surface area contributed by atoms with E-state index in [2.05, 4.69) is 67.9 Å². The van der Waals surface area contributed by atoms with Crippen LogP contribution < -0.4 is 0 Å². The zero-order chi connectivity index (χ0) is 30.1. The number of rotatable bonds is 4. The quantitative estimate of drug-likeness (QED) is 0.137. The zero-order valence-corrected chi connectivity index (χ0v) is 28.9. The van der Waals surface area contributed by atoms with Crippen molar-refractivity contribution in [3.63, 3.8) is 0 Å². The predicted octanol–water partition coefficient (Wildman–Crippen LogP) is 7.38. The Bertz CT molecular complexity index is 1000. The molecular formula is C30H56O8Si3. The molecule has 0 bridgehead atoms. The van der Waals surface area contributed by atoms with Crippen LogP contribution in [0.1, 0.15) is 61.8 Å². The Morgan fingerprint density at radius 1 is 0.634 bits per heavy atom. The topological polar surface area (TPSA) is 105 Å². The van der Waals surface area contributed by atoms with E-state index in [0.29, 0.717) is 19.3 Å². The molecule has 41 heavy (non-hydrogen) atoms. The summed E-state index contributed by atoms with van der Waals surface area (Å²) in [6.07, 6.45) is 4.13. The lowest BCUT2D eigenvalue weighted by molar-refractivity contribution is -0.155. The summed E-state index contributed by atoms with van der Waals surface area (Å²) in [4.78, 5) is 44.9. The molecule has 4 rings (SSSR count). The van der Waals surface area contributed by atoms with Crippen molar-refractivity contribution in [2.24, 2.45) is 29.6 Å². The van der Waals surface area contributed by atoms with E-state index in [-0.39, 0.29) is 68.3 Å². The van der Waals surface area contributed by atoms with Crippen LogP contribution in [-0.2, 0) is 36.9 Å². The molecule has 0 spiro atoms. The van der Waals surface area contributed by atoms with Gasteiger partial charge >= 0.3 is 32.4 Å². The molecule has 2 saturated heterocycles. The third-order valence-corrected chi connectivity index (χ3v) is 15.9. The first-order chi connectivity index (χ1) is 17.6. The summed E-state index contributed by atoms with van der Waals surface area (Å²) in [6, 6.07) is 0. The predicted molar refractivity (Wildman–Crippen MR) is 171 cm³/mol. The minimum atomic E-state index is -1.85. The van der Waals surface area contributed by atoms with E-state index in [4.69, 9.17) is 8.23 Å². The van der Waals surface area contributed by atoms with Gasteiger partial charge < -0.3 is 17.7 Å². The minimum absolute atomic E-state index is 0. The van der Waals surface area contributed by atoms with Gasteiger partial charge in [0.25, 0.3) is 0 Å². The molecule has 11 heteroatoms. The summed E-state index contributed by atoms with van der Waals surface area (Å²) >= 11 is 0. The number of carbonyl (C=O) groups is 4. The molecule has 2 fully saturated rings. The van der Waals surface area contributed by atoms with Gasteiger partial charge in [0.15, 0.2) is 16.6 Å². The summed E-state index contributed by atoms with van der Waals surface area (Å²) in [5, 5.41) is 0. The number of esters is 4. The van der Waals surface area contributed by atoms with Crippen molar-refractivity contribution >= 4 is 49.1 Å². The maximum atomic E-state index is 11.3. The van der Waals surface area contributed by atoms with Crippen molar-refractivity contribution in [1.29, 1.82) is 0 Å². The molecule has 2 aliphatic carbocycles. The fourth-order valence-electron chi connectivity index (χ4n) is 5.85. The molecule has 5 unspecified atom stereocenters. The molecule has 0 aromatic heterocycles. The second-order valence-corrected chi connectivity index (χ2v) is 26.6. The maximum absolute atomic E-state index is 11.3. The largest absolute Gasteiger partial charge is 0.437 e. The first-order valence-corrected chi connectivity index (χ1v) is 23.5. The van der Waals surface area contributed by atoms with Crippen LogP contribution in [0.4, 0.5) is 0 Å². The second-order valence-electron chi connectivity index (χ2n) is 13.7. The second kappa shape index (κ2) is 14.7. The number of carbonyl (C=O) groups excluding carboxylic acids is 4. The lowest BCUT2D eigenvalue weighted by Gasteiger charge is -2.35. The molecular weight excluding hydrogens is 573 g/mol. The summed E-state index contributed by atoms with van der Waals surface area (Å²) in [6.45, 7) is 25.6. The van der Waals surface area contributed by atoms with Crippen molar-refractivity contribution in [3.05, 3.63) is 22.8 Å². The number of fused-ring (bicyclic) bond motifs is 2. The van der Waals surface area contributed by atoms with E-state index in [0.717, 1.165) is 0 Å². The Labute approximate surface area is 252 Å². The SMILES string of the molecule is C.C.CC1=C(C)CC2C(=O)OC(=O)C2C1.CC1=CC(C)C2C(=O)OC(=O)C2C1.C[Si](C)(C)O[Si](C)(C)O[Si](C)(C)C. The van der Waals surface area contributed by atoms with Crippen molar-refractivity contribution in [1.82, 2.24) is 0 Å². The molecule has 236 valence electrons. The molecule has 5 atom stereocenters. The van der Waals surface area contributed by atoms with Gasteiger partial charge in [-0.25, -0.2) is 0 Å². The summed E-state index contributed by atoms with van der Waals surface area (Å²) in [5.74, 6) is -2.04. The molecule has 0 saturated carbocycles. The molecule has 0 amide bonds. The summed E-state index contributed by atoms with van der Waals surface area (Å²) in [5.41, 5.74) is 3.64. The van der Waals surface area contributed by atoms with Crippen LogP contribution in [0, 0.1) is 29.6 Å². The van der Waals surface area contributed by atoms with Gasteiger partial charge in [0.1, 0.15) is 0 Å². The number of ether oxygens (including phenoxy) is 2. The Hall–Kier alpha value is -1.67. The summed E-state index contributed by atoms with van der Waals surface area (Å²) in [7, 11) is -4.72. The molecule has 0 aromatic rings. The van der Waals surface area contributed by atoms with Crippen molar-refractivity contribution in [3.8, 4) is 0 Å². The van der Waals surface area contributed by atoms with Crippen LogP contribution in [0.5, 0.6) is 0 Å². The third kappa shape index (κ3) is 11.5. The van der Waals surface area contributed by atoms with E-state index in [1.54, 1.807) is 0 Å². The highest BCUT2D eigenvalue weighted by molar-refractivity contribution is 6.87. The molecule has 0 radical (unpaired) electrons. The molecule has 8 nitrogen and oxygen atoms in total. The highest BCUT2D eigenvalue weighted by Gasteiger charge is 2.48. The van der Waals surface area contributed by atoms with Gasteiger partial charge in [-0.3, -0.25) is 19.2 Å². The first-order valence-electron chi connectivity index (χ1n) is 13.8. The normalized spacial score (nSPS) is 27.4. The number of allylic oxidation sites excluding steroid dienone is 4. The molecule has 0 aromatic carbocycles. The number of hydrogen-bond acceptors (Lipinski definition) is 8. The van der Waals surface area contributed by atoms with Gasteiger partial charge in [-0.1, -0.05) is 44.6 Å². The average Bonchev–Trinajstić information content (AvgIpc) is 3.14. The first kappa shape index (κ1) is 39.3. The zero-order valence-electron chi connectivity index (χ0n) is 25.9. The van der Waals surface area contributed by atoms with Crippen LogP contribution in [0.25, 0.3) is 0 Å². The molecule has 2 aliphatic heterocycles. The van der Waals surface area contributed by atoms with Crippen LogP contribution in [0.15, 0.2) is 22.8 Å². The van der Waals surface area contributed by atoms with Crippen molar-refractivity contribution in [2.75, 3.05) is 0 Å². The fraction of sp³-hybridized carbons (Fsp3) is 0.733. The molecule has 4 aliphatic rings. The van der Waals surface area contributed by atoms with Crippen molar-refractivity contribution in [2.45, 2.75) is 114 Å². The lowest BCUT2D eigenvalue weighted by atomic mass is 9.76. The highest BCUT2D eigenvalue weighted by Crippen LogP contribution is 2.40. The lowest BCUT2D eigenvalue weighted by Crippen LogP contribution is -2.50. The van der Waals surface area contributed by atoms with E-state index in [1.165, 1.54) is 16.7 Å². The van der Waals surface area contributed by atoms with Crippen LogP contribution in [0.2, 0.25) is 52.4 Å². The van der Waals surface area contributed by atoms with Gasteiger partial charge in [-0.2, -0.15) is 0 Å².